The molecule has 1 rings (SSSR count). The van der Waals surface area contributed by atoms with Gasteiger partial charge in [-0.05, 0) is 6.92 Å². The fourth-order valence-electron chi connectivity index (χ4n) is 0.542. The summed E-state index contributed by atoms with van der Waals surface area (Å²) >= 11 is 1.42. The Balaban J connectivity index is 0.000000810. The maximum Gasteiger partial charge on any atom is 0.268 e. The minimum Gasteiger partial charge on any atom is -0.364 e. The number of aromatic nitrogens is 1. The van der Waals surface area contributed by atoms with Gasteiger partial charge >= 0.3 is 0 Å². The Morgan fingerprint density at radius 2 is 2.40 bits per heavy atom. The number of rotatable bonds is 1. The van der Waals surface area contributed by atoms with Gasteiger partial charge in [-0.15, -0.1) is 23.7 Å². The number of hydrogen-bond acceptors (Lipinski definition) is 3. The van der Waals surface area contributed by atoms with Crippen molar-refractivity contribution in [2.75, 3.05) is 0 Å². The molecular weight excluding hydrogens is 172 g/mol. The molecular formula is C5H7ClN2OS. The summed E-state index contributed by atoms with van der Waals surface area (Å²) in [4.78, 5) is 15.1. The van der Waals surface area contributed by atoms with Crippen LogP contribution in [-0.2, 0) is 0 Å². The van der Waals surface area contributed by atoms with Crippen molar-refractivity contribution in [3.8, 4) is 0 Å². The van der Waals surface area contributed by atoms with Gasteiger partial charge in [-0.1, -0.05) is 0 Å². The van der Waals surface area contributed by atoms with E-state index in [0.29, 0.717) is 5.69 Å². The van der Waals surface area contributed by atoms with Crippen LogP contribution < -0.4 is 5.73 Å². The number of primary amides is 1. The molecule has 0 aliphatic rings. The molecule has 0 fully saturated rings. The standard InChI is InChI=1S/C5H6N2OS.ClH/c1-3-4(5(6)8)7-2-9-3;/h2H,1H3,(H2,6,8);1H. The van der Waals surface area contributed by atoms with E-state index in [2.05, 4.69) is 4.98 Å². The molecule has 0 saturated heterocycles. The van der Waals surface area contributed by atoms with E-state index in [4.69, 9.17) is 5.73 Å². The number of carbonyl (C=O) groups excluding carboxylic acids is 1. The number of amides is 1. The van der Waals surface area contributed by atoms with Gasteiger partial charge in [0.2, 0.25) is 0 Å². The van der Waals surface area contributed by atoms with Crippen molar-refractivity contribution in [1.82, 2.24) is 4.98 Å². The molecule has 0 aliphatic carbocycles. The summed E-state index contributed by atoms with van der Waals surface area (Å²) in [6.07, 6.45) is 0. The SMILES string of the molecule is Cc1scnc1C(N)=O.Cl. The minimum atomic E-state index is -0.450. The van der Waals surface area contributed by atoms with E-state index >= 15 is 0 Å². The Morgan fingerprint density at radius 1 is 1.80 bits per heavy atom. The van der Waals surface area contributed by atoms with Crippen molar-refractivity contribution < 1.29 is 4.79 Å². The average Bonchev–Trinajstić information content (AvgIpc) is 2.13. The molecule has 1 heterocycles. The van der Waals surface area contributed by atoms with Gasteiger partial charge in [0.25, 0.3) is 5.91 Å². The van der Waals surface area contributed by atoms with Crippen LogP contribution in [0, 0.1) is 6.92 Å². The highest BCUT2D eigenvalue weighted by molar-refractivity contribution is 7.09. The number of nitrogens with zero attached hydrogens (tertiary/aromatic N) is 1. The average molecular weight is 179 g/mol. The van der Waals surface area contributed by atoms with Crippen molar-refractivity contribution in [1.29, 1.82) is 0 Å². The van der Waals surface area contributed by atoms with Gasteiger partial charge in [-0.25, -0.2) is 4.98 Å². The van der Waals surface area contributed by atoms with Crippen LogP contribution in [0.3, 0.4) is 0 Å². The number of thiazole rings is 1. The zero-order valence-corrected chi connectivity index (χ0v) is 6.96. The largest absolute Gasteiger partial charge is 0.364 e. The summed E-state index contributed by atoms with van der Waals surface area (Å²) in [7, 11) is 0. The number of carbonyl (C=O) groups is 1. The highest BCUT2D eigenvalue weighted by atomic mass is 35.5. The molecule has 0 aliphatic heterocycles. The lowest BCUT2D eigenvalue weighted by atomic mass is 10.4. The zero-order chi connectivity index (χ0) is 6.85. The molecule has 56 valence electrons. The summed E-state index contributed by atoms with van der Waals surface area (Å²) in [5, 5.41) is 0. The fraction of sp³-hybridized carbons (Fsp3) is 0.200. The van der Waals surface area contributed by atoms with E-state index in [0.717, 1.165) is 4.88 Å². The van der Waals surface area contributed by atoms with Crippen LogP contribution in [0.4, 0.5) is 0 Å². The quantitative estimate of drug-likeness (QED) is 0.697. The predicted molar refractivity (Wildman–Crippen MR) is 42.6 cm³/mol. The third-order valence-electron chi connectivity index (χ3n) is 0.978. The molecule has 3 nitrogen and oxygen atoms in total. The highest BCUT2D eigenvalue weighted by Gasteiger charge is 2.05. The molecule has 1 aromatic heterocycles. The molecule has 0 aromatic carbocycles. The first kappa shape index (κ1) is 9.39. The van der Waals surface area contributed by atoms with E-state index in [1.807, 2.05) is 6.92 Å². The molecule has 1 amide bonds. The van der Waals surface area contributed by atoms with Crippen LogP contribution in [0.2, 0.25) is 0 Å². The van der Waals surface area contributed by atoms with Gasteiger partial charge in [0.05, 0.1) is 5.51 Å². The predicted octanol–water partition coefficient (Wildman–Crippen LogP) is 0.972. The Kier molecular flexibility index (Phi) is 3.32. The first-order valence-corrected chi connectivity index (χ1v) is 3.29. The Bertz CT molecular complexity index is 235. The topological polar surface area (TPSA) is 56.0 Å². The molecule has 5 heteroatoms. The molecule has 0 saturated carbocycles. The summed E-state index contributed by atoms with van der Waals surface area (Å²) in [6.45, 7) is 1.82. The van der Waals surface area contributed by atoms with Crippen LogP contribution in [-0.4, -0.2) is 10.9 Å². The Labute approximate surface area is 68.7 Å². The molecule has 0 unspecified atom stereocenters. The lowest BCUT2D eigenvalue weighted by Gasteiger charge is -1.85. The van der Waals surface area contributed by atoms with Crippen LogP contribution in [0.25, 0.3) is 0 Å². The number of nitrogens with two attached hydrogens (primary N) is 1. The smallest absolute Gasteiger partial charge is 0.268 e. The van der Waals surface area contributed by atoms with E-state index in [1.54, 1.807) is 5.51 Å². The van der Waals surface area contributed by atoms with Gasteiger partial charge in [-0.3, -0.25) is 4.79 Å². The second-order valence-electron chi connectivity index (χ2n) is 1.62. The Hall–Kier alpha value is -0.610. The summed E-state index contributed by atoms with van der Waals surface area (Å²) < 4.78 is 0. The minimum absolute atomic E-state index is 0. The van der Waals surface area contributed by atoms with Crippen LogP contribution >= 0.6 is 23.7 Å². The monoisotopic (exact) mass is 178 g/mol. The van der Waals surface area contributed by atoms with Gasteiger partial charge in [0, 0.05) is 4.88 Å². The van der Waals surface area contributed by atoms with E-state index in [1.165, 1.54) is 11.3 Å². The van der Waals surface area contributed by atoms with Gasteiger partial charge < -0.3 is 5.73 Å². The highest BCUT2D eigenvalue weighted by Crippen LogP contribution is 2.09. The summed E-state index contributed by atoms with van der Waals surface area (Å²) in [5.41, 5.74) is 6.96. The van der Waals surface area contributed by atoms with E-state index < -0.39 is 5.91 Å². The molecule has 1 aromatic rings. The normalized spacial score (nSPS) is 8.50. The van der Waals surface area contributed by atoms with Crippen LogP contribution in [0.15, 0.2) is 5.51 Å². The van der Waals surface area contributed by atoms with Gasteiger partial charge in [-0.2, -0.15) is 0 Å². The van der Waals surface area contributed by atoms with Crippen LogP contribution in [0.5, 0.6) is 0 Å². The number of aryl methyl sites for hydroxylation is 1. The molecule has 2 N–H and O–H groups in total. The van der Waals surface area contributed by atoms with Crippen molar-refractivity contribution in [3.63, 3.8) is 0 Å². The third-order valence-corrected chi connectivity index (χ3v) is 1.74. The second-order valence-corrected chi connectivity index (χ2v) is 2.68. The Morgan fingerprint density at radius 3 is 2.60 bits per heavy atom. The third kappa shape index (κ3) is 1.68. The lowest BCUT2D eigenvalue weighted by molar-refractivity contribution is 0.0995. The molecule has 10 heavy (non-hydrogen) atoms. The number of hydrogen-bond donors (Lipinski definition) is 1. The molecule has 0 spiro atoms. The van der Waals surface area contributed by atoms with Crippen molar-refractivity contribution in [3.05, 3.63) is 16.1 Å². The van der Waals surface area contributed by atoms with Crippen LogP contribution in [0.1, 0.15) is 15.4 Å². The van der Waals surface area contributed by atoms with E-state index in [-0.39, 0.29) is 12.4 Å². The summed E-state index contributed by atoms with van der Waals surface area (Å²) in [6, 6.07) is 0. The first-order chi connectivity index (χ1) is 4.22. The fourth-order valence-corrected chi connectivity index (χ4v) is 1.12. The summed E-state index contributed by atoms with van der Waals surface area (Å²) in [5.74, 6) is -0.450. The molecule has 0 atom stereocenters. The van der Waals surface area contributed by atoms with Crippen molar-refractivity contribution >= 4 is 29.7 Å². The zero-order valence-electron chi connectivity index (χ0n) is 5.33. The molecule has 0 bridgehead atoms. The second kappa shape index (κ2) is 3.53. The maximum atomic E-state index is 10.4. The van der Waals surface area contributed by atoms with Gasteiger partial charge in [0.15, 0.2) is 0 Å². The lowest BCUT2D eigenvalue weighted by Crippen LogP contribution is -2.12. The molecule has 0 radical (unpaired) electrons. The number of halogens is 1. The van der Waals surface area contributed by atoms with Crippen molar-refractivity contribution in [2.24, 2.45) is 5.73 Å². The maximum absolute atomic E-state index is 10.4. The van der Waals surface area contributed by atoms with Gasteiger partial charge in [0.1, 0.15) is 5.69 Å². The first-order valence-electron chi connectivity index (χ1n) is 2.41. The van der Waals surface area contributed by atoms with Crippen molar-refractivity contribution in [2.45, 2.75) is 6.92 Å². The van der Waals surface area contributed by atoms with E-state index in [9.17, 15) is 4.79 Å².